The minimum absolute atomic E-state index is 0.113. The second-order valence-electron chi connectivity index (χ2n) is 7.11. The van der Waals surface area contributed by atoms with Crippen LogP contribution in [0.4, 0.5) is 0 Å². The molecule has 122 valence electrons. The molecule has 2 aliphatic heterocycles. The highest BCUT2D eigenvalue weighted by atomic mass is 79.9. The molecule has 0 bridgehead atoms. The Bertz CT molecular complexity index is 591. The van der Waals surface area contributed by atoms with Gasteiger partial charge in [-0.1, -0.05) is 13.0 Å². The Labute approximate surface area is 149 Å². The Morgan fingerprint density at radius 2 is 2.26 bits per heavy atom. The lowest BCUT2D eigenvalue weighted by atomic mass is 9.95. The summed E-state index contributed by atoms with van der Waals surface area (Å²) >= 11 is 3.62. The van der Waals surface area contributed by atoms with Crippen molar-refractivity contribution in [2.75, 3.05) is 6.54 Å². The first-order valence-corrected chi connectivity index (χ1v) is 11.5. The maximum absolute atomic E-state index is 7.07. The van der Waals surface area contributed by atoms with Gasteiger partial charge in [-0.2, -0.15) is 4.67 Å². The SMILES string of the molecule is [B][P+]1(N2CCC[C@H]2CC)O[C@H](c2cccnc2Br)C2CCCC21. The molecular formula is C17H24BBrN2OP+. The van der Waals surface area contributed by atoms with Gasteiger partial charge < -0.3 is 0 Å². The minimum Gasteiger partial charge on any atom is -0.249 e. The molecule has 3 heterocycles. The molecule has 1 aromatic rings. The number of nitrogens with zero attached hydrogens (tertiary/aromatic N) is 2. The van der Waals surface area contributed by atoms with Crippen molar-refractivity contribution in [2.45, 2.75) is 63.3 Å². The van der Waals surface area contributed by atoms with Crippen molar-refractivity contribution in [1.82, 2.24) is 9.65 Å². The summed E-state index contributed by atoms with van der Waals surface area (Å²) in [5.74, 6) is 0.562. The smallest absolute Gasteiger partial charge is 0.249 e. The van der Waals surface area contributed by atoms with Crippen molar-refractivity contribution in [3.8, 4) is 0 Å². The van der Waals surface area contributed by atoms with Gasteiger partial charge in [0.15, 0.2) is 7.52 Å². The minimum atomic E-state index is -2.00. The van der Waals surface area contributed by atoms with Gasteiger partial charge >= 0.3 is 7.57 Å². The molecule has 3 aliphatic rings. The molecular weight excluding hydrogens is 370 g/mol. The highest BCUT2D eigenvalue weighted by Crippen LogP contribution is 2.78. The Balaban J connectivity index is 1.69. The monoisotopic (exact) mass is 393 g/mol. The number of hydrogen-bond acceptors (Lipinski definition) is 3. The number of rotatable bonds is 3. The van der Waals surface area contributed by atoms with E-state index in [4.69, 9.17) is 12.1 Å². The third-order valence-corrected chi connectivity index (χ3v) is 10.1. The molecule has 6 heteroatoms. The van der Waals surface area contributed by atoms with E-state index in [2.05, 4.69) is 38.6 Å². The molecule has 4 rings (SSSR count). The number of fused-ring (bicyclic) bond motifs is 1. The van der Waals surface area contributed by atoms with Crippen LogP contribution in [0.2, 0.25) is 0 Å². The summed E-state index contributed by atoms with van der Waals surface area (Å²) in [6, 6.07) is 4.77. The van der Waals surface area contributed by atoms with Gasteiger partial charge in [-0.25, -0.2) is 9.51 Å². The molecule has 0 spiro atoms. The van der Waals surface area contributed by atoms with Crippen LogP contribution in [0.3, 0.4) is 0 Å². The van der Waals surface area contributed by atoms with Crippen molar-refractivity contribution in [3.05, 3.63) is 28.5 Å². The molecule has 0 amide bonds. The molecule has 3 unspecified atom stereocenters. The molecule has 1 aliphatic carbocycles. The lowest BCUT2D eigenvalue weighted by Gasteiger charge is -2.34. The predicted molar refractivity (Wildman–Crippen MR) is 99.6 cm³/mol. The first-order chi connectivity index (χ1) is 11.1. The fourth-order valence-corrected chi connectivity index (χ4v) is 9.33. The van der Waals surface area contributed by atoms with Gasteiger partial charge in [0.05, 0.1) is 0 Å². The number of pyridine rings is 1. The van der Waals surface area contributed by atoms with Crippen LogP contribution < -0.4 is 0 Å². The van der Waals surface area contributed by atoms with Gasteiger partial charge in [0.2, 0.25) is 0 Å². The van der Waals surface area contributed by atoms with Crippen molar-refractivity contribution in [2.24, 2.45) is 5.92 Å². The Hall–Kier alpha value is 0.0449. The van der Waals surface area contributed by atoms with E-state index >= 15 is 0 Å². The molecule has 0 aromatic carbocycles. The fourth-order valence-electron chi connectivity index (χ4n) is 4.92. The van der Waals surface area contributed by atoms with Gasteiger partial charge in [0.1, 0.15) is 16.4 Å². The highest BCUT2D eigenvalue weighted by Gasteiger charge is 2.65. The second kappa shape index (κ2) is 6.40. The van der Waals surface area contributed by atoms with Gasteiger partial charge in [-0.15, -0.1) is 0 Å². The van der Waals surface area contributed by atoms with Crippen LogP contribution in [0.15, 0.2) is 22.9 Å². The van der Waals surface area contributed by atoms with Crippen LogP contribution in [0.5, 0.6) is 0 Å². The lowest BCUT2D eigenvalue weighted by molar-refractivity contribution is 0.180. The van der Waals surface area contributed by atoms with Crippen LogP contribution in [-0.2, 0) is 4.52 Å². The third kappa shape index (κ3) is 2.63. The lowest BCUT2D eigenvalue weighted by Crippen LogP contribution is -2.33. The third-order valence-electron chi connectivity index (χ3n) is 5.99. The van der Waals surface area contributed by atoms with E-state index in [0.29, 0.717) is 17.6 Å². The van der Waals surface area contributed by atoms with Crippen molar-refractivity contribution >= 4 is 31.0 Å². The largest absolute Gasteiger partial charge is 0.426 e. The number of hydrogen-bond donors (Lipinski definition) is 0. The summed E-state index contributed by atoms with van der Waals surface area (Å²) in [6.45, 7) is 3.40. The first-order valence-electron chi connectivity index (χ1n) is 8.88. The molecule has 1 saturated carbocycles. The molecule has 5 atom stereocenters. The quantitative estimate of drug-likeness (QED) is 0.415. The van der Waals surface area contributed by atoms with Crippen LogP contribution in [0, 0.1) is 5.92 Å². The van der Waals surface area contributed by atoms with Gasteiger partial charge in [0.25, 0.3) is 0 Å². The summed E-state index contributed by atoms with van der Waals surface area (Å²) in [6.07, 6.45) is 9.42. The maximum Gasteiger partial charge on any atom is 0.426 e. The predicted octanol–water partition coefficient (Wildman–Crippen LogP) is 4.89. The van der Waals surface area contributed by atoms with E-state index in [1.54, 1.807) is 0 Å². The van der Waals surface area contributed by atoms with Gasteiger partial charge in [-0.3, -0.25) is 0 Å². The Morgan fingerprint density at radius 1 is 1.39 bits per heavy atom. The molecule has 2 saturated heterocycles. The van der Waals surface area contributed by atoms with Crippen LogP contribution in [0.25, 0.3) is 0 Å². The summed E-state index contributed by atoms with van der Waals surface area (Å²) in [7, 11) is 5.07. The molecule has 1 aromatic heterocycles. The maximum atomic E-state index is 7.07. The summed E-state index contributed by atoms with van der Waals surface area (Å²) < 4.78 is 10.2. The van der Waals surface area contributed by atoms with Crippen LogP contribution in [-0.4, -0.2) is 35.5 Å². The topological polar surface area (TPSA) is 25.4 Å². The van der Waals surface area contributed by atoms with E-state index in [0.717, 1.165) is 11.1 Å². The molecule has 23 heavy (non-hydrogen) atoms. The van der Waals surface area contributed by atoms with E-state index < -0.39 is 7.52 Å². The summed E-state index contributed by atoms with van der Waals surface area (Å²) in [5, 5.41) is 0. The van der Waals surface area contributed by atoms with Gasteiger partial charge in [-0.05, 0) is 60.5 Å². The second-order valence-corrected chi connectivity index (χ2v) is 10.6. The molecule has 0 N–H and O–H groups in total. The zero-order valence-electron chi connectivity index (χ0n) is 13.7. The normalized spacial score (nSPS) is 40.6. The van der Waals surface area contributed by atoms with Crippen molar-refractivity contribution < 1.29 is 4.52 Å². The van der Waals surface area contributed by atoms with Crippen molar-refractivity contribution in [1.29, 1.82) is 0 Å². The number of halogens is 1. The van der Waals surface area contributed by atoms with E-state index in [-0.39, 0.29) is 6.10 Å². The standard InChI is InChI=1S/C17H24BBrN2OP/c1-2-12-6-5-11-21(12)23(18)15-9-3-7-13(15)16(22-23)14-8-4-10-20-17(14)19/h4,8,10,12-13,15-16H,2-3,5-7,9,11H2,1H3/q+1/t12-,13?,15?,16+,23?/m1/s1. The molecule has 2 radical (unpaired) electrons. The molecule has 3 nitrogen and oxygen atoms in total. The molecule has 3 fully saturated rings. The summed E-state index contributed by atoms with van der Waals surface area (Å²) in [4.78, 5) is 4.41. The van der Waals surface area contributed by atoms with E-state index in [9.17, 15) is 0 Å². The number of aromatic nitrogens is 1. The average molecular weight is 394 g/mol. The summed E-state index contributed by atoms with van der Waals surface area (Å²) in [5.41, 5.74) is 1.73. The first kappa shape index (κ1) is 16.5. The van der Waals surface area contributed by atoms with Gasteiger partial charge in [0, 0.05) is 30.3 Å². The zero-order valence-corrected chi connectivity index (χ0v) is 16.2. The van der Waals surface area contributed by atoms with E-state index in [1.165, 1.54) is 44.1 Å². The van der Waals surface area contributed by atoms with Crippen LogP contribution >= 0.6 is 23.4 Å². The van der Waals surface area contributed by atoms with Crippen molar-refractivity contribution in [3.63, 3.8) is 0 Å². The Kier molecular flexibility index (Phi) is 4.60. The average Bonchev–Trinajstić information content (AvgIpc) is 3.25. The van der Waals surface area contributed by atoms with Crippen LogP contribution in [0.1, 0.15) is 57.1 Å². The Morgan fingerprint density at radius 3 is 3.04 bits per heavy atom. The zero-order chi connectivity index (χ0) is 16.0. The van der Waals surface area contributed by atoms with E-state index in [1.807, 2.05) is 12.3 Å². The fraction of sp³-hybridized carbons (Fsp3) is 0.706. The highest BCUT2D eigenvalue weighted by molar-refractivity contribution is 9.10.